The summed E-state index contributed by atoms with van der Waals surface area (Å²) < 4.78 is 0. The molecule has 6 heteroatoms. The second-order valence-electron chi connectivity index (χ2n) is 4.64. The van der Waals surface area contributed by atoms with E-state index in [4.69, 9.17) is 5.73 Å². The Bertz CT molecular complexity index is 752. The average Bonchev–Trinajstić information content (AvgIpc) is 2.86. The smallest absolute Gasteiger partial charge is 0.170 e. The van der Waals surface area contributed by atoms with Crippen molar-refractivity contribution in [2.24, 2.45) is 0 Å². The number of aryl methyl sites for hydroxylation is 1. The topological polar surface area (TPSA) is 76.7 Å². The lowest BCUT2D eigenvalue weighted by Gasteiger charge is -2.13. The van der Waals surface area contributed by atoms with Crippen LogP contribution in [-0.2, 0) is 0 Å². The molecule has 0 saturated heterocycles. The highest BCUT2D eigenvalue weighted by molar-refractivity contribution is 7.09. The van der Waals surface area contributed by atoms with Crippen LogP contribution < -0.4 is 11.1 Å². The van der Waals surface area contributed by atoms with Crippen molar-refractivity contribution in [2.45, 2.75) is 19.9 Å². The van der Waals surface area contributed by atoms with Crippen molar-refractivity contribution < 1.29 is 0 Å². The number of nitrogens with zero attached hydrogens (tertiary/aromatic N) is 3. The van der Waals surface area contributed by atoms with Gasteiger partial charge in [-0.3, -0.25) is 0 Å². The number of nitrogen functional groups attached to an aromatic ring is 1. The van der Waals surface area contributed by atoms with Gasteiger partial charge in [-0.2, -0.15) is 0 Å². The van der Waals surface area contributed by atoms with E-state index in [9.17, 15) is 0 Å². The summed E-state index contributed by atoms with van der Waals surface area (Å²) in [4.78, 5) is 13.4. The number of rotatable bonds is 3. The molecule has 0 fully saturated rings. The van der Waals surface area contributed by atoms with Crippen LogP contribution in [0.4, 0.5) is 11.6 Å². The number of para-hydroxylation sites is 2. The molecule has 1 unspecified atom stereocenters. The van der Waals surface area contributed by atoms with Gasteiger partial charge in [0.1, 0.15) is 5.01 Å². The minimum absolute atomic E-state index is 0.0477. The number of fused-ring (bicyclic) bond motifs is 1. The summed E-state index contributed by atoms with van der Waals surface area (Å²) in [5, 5.41) is 6.32. The van der Waals surface area contributed by atoms with E-state index >= 15 is 0 Å². The molecule has 2 aromatic heterocycles. The molecular formula is C14H15N5S. The van der Waals surface area contributed by atoms with E-state index in [0.717, 1.165) is 21.7 Å². The van der Waals surface area contributed by atoms with Gasteiger partial charge in [0.15, 0.2) is 11.6 Å². The summed E-state index contributed by atoms with van der Waals surface area (Å²) >= 11 is 1.62. The van der Waals surface area contributed by atoms with E-state index < -0.39 is 0 Å². The van der Waals surface area contributed by atoms with Crippen molar-refractivity contribution in [1.82, 2.24) is 15.0 Å². The zero-order valence-corrected chi connectivity index (χ0v) is 12.1. The van der Waals surface area contributed by atoms with Gasteiger partial charge in [-0.15, -0.1) is 11.3 Å². The first-order chi connectivity index (χ1) is 9.63. The highest BCUT2D eigenvalue weighted by Crippen LogP contribution is 2.25. The number of hydrogen-bond acceptors (Lipinski definition) is 6. The number of benzene rings is 1. The third kappa shape index (κ3) is 2.42. The Morgan fingerprint density at radius 1 is 1.15 bits per heavy atom. The molecule has 5 nitrogen and oxygen atoms in total. The van der Waals surface area contributed by atoms with E-state index in [1.807, 2.05) is 43.5 Å². The quantitative estimate of drug-likeness (QED) is 0.773. The van der Waals surface area contributed by atoms with Crippen LogP contribution in [0.15, 0.2) is 29.6 Å². The lowest BCUT2D eigenvalue weighted by Crippen LogP contribution is -2.11. The van der Waals surface area contributed by atoms with E-state index in [1.165, 1.54) is 0 Å². The van der Waals surface area contributed by atoms with Crippen LogP contribution in [0.3, 0.4) is 0 Å². The molecule has 1 atom stereocenters. The first kappa shape index (κ1) is 12.8. The summed E-state index contributed by atoms with van der Waals surface area (Å²) in [6.07, 6.45) is 0. The summed E-state index contributed by atoms with van der Waals surface area (Å²) in [6, 6.07) is 7.72. The van der Waals surface area contributed by atoms with Crippen molar-refractivity contribution in [2.75, 3.05) is 11.1 Å². The molecule has 0 radical (unpaired) electrons. The van der Waals surface area contributed by atoms with Crippen molar-refractivity contribution in [1.29, 1.82) is 0 Å². The Hall–Kier alpha value is -2.21. The highest BCUT2D eigenvalue weighted by Gasteiger charge is 2.13. The van der Waals surface area contributed by atoms with E-state index in [1.54, 1.807) is 11.3 Å². The van der Waals surface area contributed by atoms with Gasteiger partial charge in [-0.25, -0.2) is 15.0 Å². The standard InChI is InChI=1S/C14H15N5S/c1-8-7-20-14(16-8)9(2)17-13-12(15)18-10-5-3-4-6-11(10)19-13/h3-7,9H,1-2H3,(H2,15,18)(H,17,19). The van der Waals surface area contributed by atoms with Crippen LogP contribution in [-0.4, -0.2) is 15.0 Å². The summed E-state index contributed by atoms with van der Waals surface area (Å²) in [6.45, 7) is 4.02. The van der Waals surface area contributed by atoms with Crippen molar-refractivity contribution in [3.05, 3.63) is 40.3 Å². The Morgan fingerprint density at radius 3 is 2.50 bits per heavy atom. The van der Waals surface area contributed by atoms with Gasteiger partial charge < -0.3 is 11.1 Å². The second kappa shape index (κ2) is 5.05. The maximum atomic E-state index is 5.97. The van der Waals surface area contributed by atoms with Crippen LogP contribution in [0.1, 0.15) is 23.7 Å². The molecule has 0 aliphatic heterocycles. The number of aromatic nitrogens is 3. The predicted molar refractivity (Wildman–Crippen MR) is 82.8 cm³/mol. The van der Waals surface area contributed by atoms with Gasteiger partial charge in [-0.05, 0) is 26.0 Å². The van der Waals surface area contributed by atoms with Gasteiger partial charge in [0, 0.05) is 11.1 Å². The molecule has 3 rings (SSSR count). The van der Waals surface area contributed by atoms with Crippen LogP contribution in [0.2, 0.25) is 0 Å². The highest BCUT2D eigenvalue weighted by atomic mass is 32.1. The Kier molecular flexibility index (Phi) is 3.23. The molecule has 0 aliphatic carbocycles. The maximum absolute atomic E-state index is 5.97. The number of thiazole rings is 1. The van der Waals surface area contributed by atoms with E-state index in [0.29, 0.717) is 11.6 Å². The van der Waals surface area contributed by atoms with Crippen molar-refractivity contribution >= 4 is 34.0 Å². The first-order valence-electron chi connectivity index (χ1n) is 6.34. The molecule has 0 saturated carbocycles. The van der Waals surface area contributed by atoms with Gasteiger partial charge in [0.25, 0.3) is 0 Å². The lowest BCUT2D eigenvalue weighted by molar-refractivity contribution is 0.856. The fraction of sp³-hybridized carbons (Fsp3) is 0.214. The fourth-order valence-electron chi connectivity index (χ4n) is 1.96. The first-order valence-corrected chi connectivity index (χ1v) is 7.22. The Labute approximate surface area is 120 Å². The molecule has 0 spiro atoms. The zero-order chi connectivity index (χ0) is 14.1. The minimum Gasteiger partial charge on any atom is -0.381 e. The monoisotopic (exact) mass is 285 g/mol. The summed E-state index contributed by atoms with van der Waals surface area (Å²) in [5.41, 5.74) is 8.61. The van der Waals surface area contributed by atoms with Crippen molar-refractivity contribution in [3.8, 4) is 0 Å². The largest absolute Gasteiger partial charge is 0.381 e. The molecule has 102 valence electrons. The molecule has 0 bridgehead atoms. The Morgan fingerprint density at radius 2 is 1.85 bits per heavy atom. The van der Waals surface area contributed by atoms with Crippen LogP contribution in [0.25, 0.3) is 11.0 Å². The molecule has 2 heterocycles. The molecule has 1 aromatic carbocycles. The van der Waals surface area contributed by atoms with Crippen LogP contribution in [0, 0.1) is 6.92 Å². The van der Waals surface area contributed by atoms with E-state index in [2.05, 4.69) is 20.3 Å². The number of nitrogens with two attached hydrogens (primary N) is 1. The lowest BCUT2D eigenvalue weighted by atomic mass is 10.3. The number of nitrogens with one attached hydrogen (secondary N) is 1. The number of hydrogen-bond donors (Lipinski definition) is 2. The van der Waals surface area contributed by atoms with Gasteiger partial charge in [0.2, 0.25) is 0 Å². The van der Waals surface area contributed by atoms with Gasteiger partial charge in [0.05, 0.1) is 17.1 Å². The number of anilines is 2. The van der Waals surface area contributed by atoms with Crippen molar-refractivity contribution in [3.63, 3.8) is 0 Å². The normalized spacial score (nSPS) is 12.5. The molecule has 20 heavy (non-hydrogen) atoms. The SMILES string of the molecule is Cc1csc(C(C)Nc2nc3ccccc3nc2N)n1. The van der Waals surface area contributed by atoms with Crippen LogP contribution >= 0.6 is 11.3 Å². The zero-order valence-electron chi connectivity index (χ0n) is 11.3. The molecule has 0 amide bonds. The summed E-state index contributed by atoms with van der Waals surface area (Å²) in [5.74, 6) is 1.01. The molecule has 0 aliphatic rings. The molecule has 3 aromatic rings. The third-order valence-corrected chi connectivity index (χ3v) is 4.10. The molecule has 3 N–H and O–H groups in total. The van der Waals surface area contributed by atoms with E-state index in [-0.39, 0.29) is 6.04 Å². The predicted octanol–water partition coefficient (Wildman–Crippen LogP) is 3.15. The Balaban J connectivity index is 1.92. The molecular weight excluding hydrogens is 270 g/mol. The summed E-state index contributed by atoms with van der Waals surface area (Å²) in [7, 11) is 0. The fourth-order valence-corrected chi connectivity index (χ4v) is 2.76. The van der Waals surface area contributed by atoms with Gasteiger partial charge in [-0.1, -0.05) is 12.1 Å². The van der Waals surface area contributed by atoms with Crippen LogP contribution in [0.5, 0.6) is 0 Å². The second-order valence-corrected chi connectivity index (χ2v) is 5.53. The van der Waals surface area contributed by atoms with Gasteiger partial charge >= 0.3 is 0 Å². The third-order valence-electron chi connectivity index (χ3n) is 2.96. The average molecular weight is 285 g/mol. The minimum atomic E-state index is 0.0477. The maximum Gasteiger partial charge on any atom is 0.170 e.